The highest BCUT2D eigenvalue weighted by Gasteiger charge is 2.42. The summed E-state index contributed by atoms with van der Waals surface area (Å²) in [7, 11) is 0. The molecule has 34 heavy (non-hydrogen) atoms. The van der Waals surface area contributed by atoms with E-state index in [0.29, 0.717) is 26.1 Å². The van der Waals surface area contributed by atoms with Gasteiger partial charge in [0.2, 0.25) is 11.8 Å². The van der Waals surface area contributed by atoms with Gasteiger partial charge in [-0.3, -0.25) is 9.59 Å². The van der Waals surface area contributed by atoms with Gasteiger partial charge in [-0.1, -0.05) is 12.1 Å². The number of piperidine rings is 1. The van der Waals surface area contributed by atoms with Gasteiger partial charge < -0.3 is 25.3 Å². The summed E-state index contributed by atoms with van der Waals surface area (Å²) in [5, 5.41) is 6.68. The molecule has 2 aliphatic rings. The van der Waals surface area contributed by atoms with Crippen molar-refractivity contribution in [2.75, 3.05) is 38.2 Å². The molecular formula is C25H35N5O3S. The van der Waals surface area contributed by atoms with Crippen LogP contribution in [-0.2, 0) is 28.0 Å². The van der Waals surface area contributed by atoms with Gasteiger partial charge in [0.25, 0.3) is 0 Å². The summed E-state index contributed by atoms with van der Waals surface area (Å²) in [4.78, 5) is 36.0. The molecule has 1 fully saturated rings. The van der Waals surface area contributed by atoms with Crippen molar-refractivity contribution in [2.24, 2.45) is 0 Å². The Kier molecular flexibility index (Phi) is 8.15. The summed E-state index contributed by atoms with van der Waals surface area (Å²) in [5.41, 5.74) is 3.05. The average molecular weight is 486 g/mol. The molecule has 3 N–H and O–H groups in total. The van der Waals surface area contributed by atoms with Crippen molar-refractivity contribution in [3.63, 3.8) is 0 Å². The Hall–Kier alpha value is -2.52. The lowest BCUT2D eigenvalue weighted by molar-refractivity contribution is -0.138. The van der Waals surface area contributed by atoms with Crippen LogP contribution < -0.4 is 15.4 Å². The van der Waals surface area contributed by atoms with Gasteiger partial charge in [0.05, 0.1) is 30.6 Å². The molecule has 1 aromatic heterocycles. The summed E-state index contributed by atoms with van der Waals surface area (Å²) in [5.74, 6) is 1.49. The molecule has 0 unspecified atom stereocenters. The predicted octanol–water partition coefficient (Wildman–Crippen LogP) is 2.25. The Labute approximate surface area is 205 Å². The van der Waals surface area contributed by atoms with Crippen molar-refractivity contribution in [1.82, 2.24) is 25.5 Å². The fourth-order valence-corrected chi connectivity index (χ4v) is 5.44. The predicted molar refractivity (Wildman–Crippen MR) is 134 cm³/mol. The molecule has 2 aliphatic heterocycles. The van der Waals surface area contributed by atoms with Gasteiger partial charge in [-0.2, -0.15) is 11.8 Å². The molecule has 1 spiro atoms. The number of hydrogen-bond acceptors (Lipinski definition) is 6. The quantitative estimate of drug-likeness (QED) is 0.504. The minimum Gasteiger partial charge on any atom is -0.494 e. The van der Waals surface area contributed by atoms with E-state index in [9.17, 15) is 9.59 Å². The minimum absolute atomic E-state index is 0.0157. The van der Waals surface area contributed by atoms with Crippen molar-refractivity contribution in [3.8, 4) is 5.75 Å². The lowest BCUT2D eigenvalue weighted by Crippen LogP contribution is -2.58. The SMILES string of the molecule is CCOc1ccc(CC(=O)N[C@@H](CCSC)C(=O)N2CCC3(CC2)NCCc2[nH]cnc23)cc1. The summed E-state index contributed by atoms with van der Waals surface area (Å²) in [6.45, 7) is 4.78. The van der Waals surface area contributed by atoms with Crippen LogP contribution in [0.4, 0.5) is 0 Å². The molecule has 0 radical (unpaired) electrons. The highest BCUT2D eigenvalue weighted by Crippen LogP contribution is 2.36. The second-order valence-corrected chi connectivity index (χ2v) is 9.95. The lowest BCUT2D eigenvalue weighted by atomic mass is 9.80. The number of carbonyl (C=O) groups excluding carboxylic acids is 2. The number of aromatic amines is 1. The second-order valence-electron chi connectivity index (χ2n) is 8.97. The number of aromatic nitrogens is 2. The zero-order valence-corrected chi connectivity index (χ0v) is 20.9. The molecule has 8 nitrogen and oxygen atoms in total. The lowest BCUT2D eigenvalue weighted by Gasteiger charge is -2.44. The molecular weight excluding hydrogens is 450 g/mol. The summed E-state index contributed by atoms with van der Waals surface area (Å²) >= 11 is 1.68. The van der Waals surface area contributed by atoms with Gasteiger partial charge >= 0.3 is 0 Å². The summed E-state index contributed by atoms with van der Waals surface area (Å²) < 4.78 is 5.47. The van der Waals surface area contributed by atoms with Crippen molar-refractivity contribution < 1.29 is 14.3 Å². The smallest absolute Gasteiger partial charge is 0.245 e. The number of fused-ring (bicyclic) bond motifs is 2. The van der Waals surface area contributed by atoms with Crippen LogP contribution in [0.2, 0.25) is 0 Å². The topological polar surface area (TPSA) is 99.4 Å². The van der Waals surface area contributed by atoms with Gasteiger partial charge in [-0.15, -0.1) is 0 Å². The number of imidazole rings is 1. The maximum absolute atomic E-state index is 13.4. The number of nitrogens with zero attached hydrogens (tertiary/aromatic N) is 2. The van der Waals surface area contributed by atoms with Crippen LogP contribution in [0.1, 0.15) is 43.1 Å². The number of nitrogens with one attached hydrogen (secondary N) is 3. The largest absolute Gasteiger partial charge is 0.494 e. The molecule has 1 aromatic carbocycles. The normalized spacial score (nSPS) is 17.8. The fraction of sp³-hybridized carbons (Fsp3) is 0.560. The molecule has 4 rings (SSSR count). The Bertz CT molecular complexity index is 969. The molecule has 1 atom stereocenters. The van der Waals surface area contributed by atoms with E-state index < -0.39 is 6.04 Å². The zero-order valence-electron chi connectivity index (χ0n) is 20.1. The van der Waals surface area contributed by atoms with E-state index in [1.807, 2.05) is 42.3 Å². The van der Waals surface area contributed by atoms with E-state index in [2.05, 4.69) is 20.6 Å². The maximum Gasteiger partial charge on any atom is 0.245 e. The number of amides is 2. The van der Waals surface area contributed by atoms with Crippen molar-refractivity contribution in [3.05, 3.63) is 47.5 Å². The third-order valence-corrected chi connectivity index (χ3v) is 7.43. The number of benzene rings is 1. The molecule has 0 bridgehead atoms. The first-order valence-corrected chi connectivity index (χ1v) is 13.5. The Morgan fingerprint density at radius 3 is 2.74 bits per heavy atom. The zero-order chi connectivity index (χ0) is 24.0. The van der Waals surface area contributed by atoms with E-state index >= 15 is 0 Å². The molecule has 184 valence electrons. The third-order valence-electron chi connectivity index (χ3n) is 6.78. The average Bonchev–Trinajstić information content (AvgIpc) is 3.34. The monoisotopic (exact) mass is 485 g/mol. The number of H-pyrrole nitrogens is 1. The van der Waals surface area contributed by atoms with Crippen molar-refractivity contribution in [1.29, 1.82) is 0 Å². The number of rotatable bonds is 9. The van der Waals surface area contributed by atoms with Crippen molar-refractivity contribution in [2.45, 2.75) is 50.6 Å². The van der Waals surface area contributed by atoms with E-state index in [1.54, 1.807) is 18.1 Å². The summed E-state index contributed by atoms with van der Waals surface area (Å²) in [6.07, 6.45) is 7.26. The third kappa shape index (κ3) is 5.58. The number of ether oxygens (including phenoxy) is 1. The highest BCUT2D eigenvalue weighted by atomic mass is 32.2. The van der Waals surface area contributed by atoms with Crippen LogP contribution in [0.25, 0.3) is 0 Å². The molecule has 2 aromatic rings. The number of likely N-dealkylation sites (tertiary alicyclic amines) is 1. The van der Waals surface area contributed by atoms with Gasteiger partial charge in [-0.05, 0) is 55.9 Å². The van der Waals surface area contributed by atoms with Crippen LogP contribution in [0.15, 0.2) is 30.6 Å². The fourth-order valence-electron chi connectivity index (χ4n) is 4.97. The summed E-state index contributed by atoms with van der Waals surface area (Å²) in [6, 6.07) is 7.03. The van der Waals surface area contributed by atoms with Gasteiger partial charge in [0, 0.05) is 31.7 Å². The Balaban J connectivity index is 1.36. The molecule has 0 saturated carbocycles. The first kappa shape index (κ1) is 24.6. The number of thioether (sulfide) groups is 1. The van der Waals surface area contributed by atoms with Gasteiger partial charge in [0.15, 0.2) is 0 Å². The van der Waals surface area contributed by atoms with E-state index in [0.717, 1.165) is 48.6 Å². The molecule has 3 heterocycles. The van der Waals surface area contributed by atoms with Gasteiger partial charge in [-0.25, -0.2) is 4.98 Å². The van der Waals surface area contributed by atoms with E-state index in [-0.39, 0.29) is 23.8 Å². The van der Waals surface area contributed by atoms with Crippen LogP contribution in [0.3, 0.4) is 0 Å². The van der Waals surface area contributed by atoms with Gasteiger partial charge in [0.1, 0.15) is 11.8 Å². The first-order valence-electron chi connectivity index (χ1n) is 12.1. The standard InChI is InChI=1S/C25H35N5O3S/c1-3-33-19-6-4-18(5-7-19)16-22(31)29-21(9-15-34-2)24(32)30-13-10-25(11-14-30)23-20(8-12-28-25)26-17-27-23/h4-7,17,21,28H,3,8-16H2,1-2H3,(H,26,27)(H,29,31)/t21-/m0/s1. The highest BCUT2D eigenvalue weighted by molar-refractivity contribution is 7.98. The maximum atomic E-state index is 13.4. The second kappa shape index (κ2) is 11.3. The van der Waals surface area contributed by atoms with E-state index in [4.69, 9.17) is 4.74 Å². The number of carbonyl (C=O) groups is 2. The number of hydrogen-bond donors (Lipinski definition) is 3. The van der Waals surface area contributed by atoms with Crippen LogP contribution in [0.5, 0.6) is 5.75 Å². The molecule has 2 amide bonds. The Morgan fingerprint density at radius 1 is 1.26 bits per heavy atom. The first-order chi connectivity index (χ1) is 16.5. The van der Waals surface area contributed by atoms with Crippen molar-refractivity contribution >= 4 is 23.6 Å². The van der Waals surface area contributed by atoms with Crippen LogP contribution >= 0.6 is 11.8 Å². The molecule has 1 saturated heterocycles. The van der Waals surface area contributed by atoms with Crippen LogP contribution in [-0.4, -0.2) is 71.0 Å². The van der Waals surface area contributed by atoms with E-state index in [1.165, 1.54) is 5.69 Å². The minimum atomic E-state index is -0.503. The molecule has 0 aliphatic carbocycles. The van der Waals surface area contributed by atoms with Crippen LogP contribution in [0, 0.1) is 0 Å². The molecule has 9 heteroatoms. The Morgan fingerprint density at radius 2 is 2.03 bits per heavy atom.